The van der Waals surface area contributed by atoms with E-state index in [0.29, 0.717) is 0 Å². The second-order valence-electron chi connectivity index (χ2n) is 3.50. The lowest BCUT2D eigenvalue weighted by Crippen LogP contribution is -1.85. The average molecular weight is 222 g/mol. The molecule has 0 aliphatic carbocycles. The molecule has 0 aliphatic rings. The first kappa shape index (κ1) is 10.3. The van der Waals surface area contributed by atoms with Crippen LogP contribution in [0.4, 0.5) is 0 Å². The first-order valence-electron chi connectivity index (χ1n) is 5.06. The number of hydrogen-bond donors (Lipinski definition) is 1. The van der Waals surface area contributed by atoms with Crippen LogP contribution in [0.25, 0.3) is 10.7 Å². The molecule has 2 rings (SSSR count). The molecule has 0 radical (unpaired) electrons. The smallest absolute Gasteiger partial charge is 0.193 e. The Morgan fingerprint density at radius 1 is 1.27 bits per heavy atom. The van der Waals surface area contributed by atoms with Gasteiger partial charge in [-0.25, -0.2) is 9.97 Å². The van der Waals surface area contributed by atoms with E-state index in [2.05, 4.69) is 27.1 Å². The maximum Gasteiger partial charge on any atom is 0.193 e. The molecular weight excluding hydrogens is 208 g/mol. The normalized spacial score (nSPS) is 10.9. The van der Waals surface area contributed by atoms with Crippen molar-refractivity contribution in [2.24, 2.45) is 0 Å². The molecule has 0 aromatic carbocycles. The van der Waals surface area contributed by atoms with Crippen LogP contribution in [0.5, 0.6) is 0 Å². The van der Waals surface area contributed by atoms with Crippen LogP contribution >= 0.6 is 11.3 Å². The van der Waals surface area contributed by atoms with Gasteiger partial charge in [-0.2, -0.15) is 5.10 Å². The summed E-state index contributed by atoms with van der Waals surface area (Å²) in [5, 5.41) is 8.23. The van der Waals surface area contributed by atoms with Crippen LogP contribution in [0.1, 0.15) is 29.9 Å². The van der Waals surface area contributed by atoms with Crippen LogP contribution in [0.2, 0.25) is 0 Å². The summed E-state index contributed by atoms with van der Waals surface area (Å²) in [5.74, 6) is 1.74. The summed E-state index contributed by atoms with van der Waals surface area (Å²) in [4.78, 5) is 9.89. The van der Waals surface area contributed by atoms with Gasteiger partial charge < -0.3 is 0 Å². The van der Waals surface area contributed by atoms with Gasteiger partial charge in [0.05, 0.1) is 15.6 Å². The van der Waals surface area contributed by atoms with Crippen LogP contribution in [-0.4, -0.2) is 20.2 Å². The Morgan fingerprint density at radius 3 is 2.67 bits per heavy atom. The summed E-state index contributed by atoms with van der Waals surface area (Å²) in [6.07, 6.45) is 2.03. The molecule has 80 valence electrons. The fourth-order valence-corrected chi connectivity index (χ4v) is 2.34. The number of aryl methyl sites for hydroxylation is 3. The number of aromatic amines is 1. The van der Waals surface area contributed by atoms with E-state index in [4.69, 9.17) is 0 Å². The number of H-pyrrole nitrogens is 1. The van der Waals surface area contributed by atoms with Gasteiger partial charge in [-0.1, -0.05) is 6.92 Å². The second-order valence-corrected chi connectivity index (χ2v) is 4.71. The zero-order valence-electron chi connectivity index (χ0n) is 9.16. The van der Waals surface area contributed by atoms with Crippen molar-refractivity contribution in [2.45, 2.75) is 33.6 Å². The van der Waals surface area contributed by atoms with Gasteiger partial charge in [-0.05, 0) is 20.3 Å². The molecule has 0 aliphatic heterocycles. The Labute approximate surface area is 92.8 Å². The van der Waals surface area contributed by atoms with Crippen LogP contribution in [0.3, 0.4) is 0 Å². The first-order chi connectivity index (χ1) is 7.20. The molecule has 0 fully saturated rings. The van der Waals surface area contributed by atoms with Crippen LogP contribution in [-0.2, 0) is 6.42 Å². The third kappa shape index (κ3) is 2.07. The van der Waals surface area contributed by atoms with E-state index in [-0.39, 0.29) is 0 Å². The van der Waals surface area contributed by atoms with Crippen molar-refractivity contribution >= 4 is 11.3 Å². The van der Waals surface area contributed by atoms with Gasteiger partial charge in [0.15, 0.2) is 5.82 Å². The van der Waals surface area contributed by atoms with Crippen LogP contribution in [0, 0.1) is 13.8 Å². The lowest BCUT2D eigenvalue weighted by atomic mass is 10.3. The molecule has 5 heteroatoms. The van der Waals surface area contributed by atoms with E-state index in [0.717, 1.165) is 40.1 Å². The van der Waals surface area contributed by atoms with Crippen molar-refractivity contribution in [3.8, 4) is 10.7 Å². The minimum Gasteiger partial charge on any atom is -0.263 e. The highest BCUT2D eigenvalue weighted by Gasteiger charge is 2.12. The van der Waals surface area contributed by atoms with Gasteiger partial charge >= 0.3 is 0 Å². The van der Waals surface area contributed by atoms with Crippen LogP contribution in [0.15, 0.2) is 0 Å². The Morgan fingerprint density at radius 2 is 2.07 bits per heavy atom. The predicted octanol–water partition coefficient (Wildman–Crippen LogP) is 2.50. The highest BCUT2D eigenvalue weighted by molar-refractivity contribution is 7.15. The molecule has 15 heavy (non-hydrogen) atoms. The quantitative estimate of drug-likeness (QED) is 0.868. The average Bonchev–Trinajstić information content (AvgIpc) is 2.73. The third-order valence-electron chi connectivity index (χ3n) is 2.13. The van der Waals surface area contributed by atoms with Crippen molar-refractivity contribution in [1.82, 2.24) is 20.2 Å². The zero-order valence-corrected chi connectivity index (χ0v) is 9.98. The summed E-state index contributed by atoms with van der Waals surface area (Å²) in [7, 11) is 0. The van der Waals surface area contributed by atoms with Crippen molar-refractivity contribution in [2.75, 3.05) is 0 Å². The highest BCUT2D eigenvalue weighted by atomic mass is 32.1. The maximum atomic E-state index is 4.45. The first-order valence-corrected chi connectivity index (χ1v) is 5.88. The van der Waals surface area contributed by atoms with E-state index in [9.17, 15) is 0 Å². The molecule has 0 unspecified atom stereocenters. The van der Waals surface area contributed by atoms with E-state index in [1.165, 1.54) is 0 Å². The molecule has 0 atom stereocenters. The Hall–Kier alpha value is -1.23. The predicted molar refractivity (Wildman–Crippen MR) is 61.0 cm³/mol. The van der Waals surface area contributed by atoms with Gasteiger partial charge in [-0.15, -0.1) is 11.3 Å². The van der Waals surface area contributed by atoms with Gasteiger partial charge in [0, 0.05) is 6.42 Å². The van der Waals surface area contributed by atoms with Crippen LogP contribution < -0.4 is 0 Å². The van der Waals surface area contributed by atoms with E-state index in [1.807, 2.05) is 13.8 Å². The number of nitrogens with zero attached hydrogens (tertiary/aromatic N) is 3. The van der Waals surface area contributed by atoms with E-state index < -0.39 is 0 Å². The largest absolute Gasteiger partial charge is 0.263 e. The molecule has 0 saturated carbocycles. The Bertz CT molecular complexity index is 458. The van der Waals surface area contributed by atoms with E-state index in [1.54, 1.807) is 11.3 Å². The molecule has 2 aromatic heterocycles. The summed E-state index contributed by atoms with van der Waals surface area (Å²) in [6, 6.07) is 0. The van der Waals surface area contributed by atoms with Crippen molar-refractivity contribution < 1.29 is 0 Å². The van der Waals surface area contributed by atoms with Crippen molar-refractivity contribution in [3.05, 3.63) is 16.5 Å². The number of thiazole rings is 1. The highest BCUT2D eigenvalue weighted by Crippen LogP contribution is 2.26. The van der Waals surface area contributed by atoms with Gasteiger partial charge in [0.1, 0.15) is 5.82 Å². The molecule has 1 N–H and O–H groups in total. The molecule has 2 heterocycles. The summed E-state index contributed by atoms with van der Waals surface area (Å²) in [6.45, 7) is 6.12. The fourth-order valence-electron chi connectivity index (χ4n) is 1.48. The van der Waals surface area contributed by atoms with Gasteiger partial charge in [-0.3, -0.25) is 5.10 Å². The van der Waals surface area contributed by atoms with Gasteiger partial charge in [0.2, 0.25) is 0 Å². The molecule has 0 amide bonds. The molecular formula is C10H14N4S. The number of nitrogens with one attached hydrogen (secondary N) is 1. The van der Waals surface area contributed by atoms with Gasteiger partial charge in [0.25, 0.3) is 0 Å². The molecule has 4 nitrogen and oxygen atoms in total. The second kappa shape index (κ2) is 4.10. The minimum atomic E-state index is 0.779. The SMILES string of the molecule is CCCc1nc(-c2sc(C)nc2C)n[nH]1. The number of aromatic nitrogens is 4. The Kier molecular flexibility index (Phi) is 2.81. The zero-order chi connectivity index (χ0) is 10.8. The third-order valence-corrected chi connectivity index (χ3v) is 3.19. The molecule has 2 aromatic rings. The molecule has 0 saturated heterocycles. The summed E-state index contributed by atoms with van der Waals surface area (Å²) in [5.41, 5.74) is 1.01. The monoisotopic (exact) mass is 222 g/mol. The minimum absolute atomic E-state index is 0.779. The van der Waals surface area contributed by atoms with E-state index >= 15 is 0 Å². The fraction of sp³-hybridized carbons (Fsp3) is 0.500. The lowest BCUT2D eigenvalue weighted by molar-refractivity contribution is 0.841. The number of hydrogen-bond acceptors (Lipinski definition) is 4. The standard InChI is InChI=1S/C10H14N4S/c1-4-5-8-12-10(14-13-8)9-6(2)11-7(3)15-9/h4-5H2,1-3H3,(H,12,13,14). The maximum absolute atomic E-state index is 4.45. The van der Waals surface area contributed by atoms with Crippen molar-refractivity contribution in [3.63, 3.8) is 0 Å². The van der Waals surface area contributed by atoms with Crippen molar-refractivity contribution in [1.29, 1.82) is 0 Å². The topological polar surface area (TPSA) is 54.5 Å². The summed E-state index contributed by atoms with van der Waals surface area (Å²) < 4.78 is 0. The molecule has 0 bridgehead atoms. The lowest BCUT2D eigenvalue weighted by Gasteiger charge is -1.89. The molecule has 0 spiro atoms. The summed E-state index contributed by atoms with van der Waals surface area (Å²) >= 11 is 1.64. The number of rotatable bonds is 3. The Balaban J connectivity index is 2.32.